The van der Waals surface area contributed by atoms with Gasteiger partial charge >= 0.3 is 5.97 Å². The van der Waals surface area contributed by atoms with Crippen molar-refractivity contribution >= 4 is 5.97 Å². The largest absolute Gasteiger partial charge is 0.481 e. The number of carbonyl (C=O) groups is 1. The number of likely N-dealkylation sites (tertiary alicyclic amines) is 1. The average molecular weight is 215 g/mol. The maximum Gasteiger partial charge on any atom is 0.308 e. The molecule has 2 unspecified atom stereocenters. The van der Waals surface area contributed by atoms with Gasteiger partial charge in [-0.05, 0) is 26.3 Å². The molecule has 1 N–H and O–H groups in total. The summed E-state index contributed by atoms with van der Waals surface area (Å²) < 4.78 is 5.40. The van der Waals surface area contributed by atoms with Crippen LogP contribution < -0.4 is 0 Å². The Balaban J connectivity index is 2.24. The van der Waals surface area contributed by atoms with Crippen molar-refractivity contribution in [2.24, 2.45) is 5.92 Å². The molecule has 0 aromatic carbocycles. The normalized spacial score (nSPS) is 27.1. The van der Waals surface area contributed by atoms with E-state index in [1.54, 1.807) is 0 Å². The zero-order chi connectivity index (χ0) is 11.3. The molecule has 0 spiro atoms. The van der Waals surface area contributed by atoms with E-state index in [0.29, 0.717) is 6.61 Å². The van der Waals surface area contributed by atoms with E-state index in [-0.39, 0.29) is 12.0 Å². The predicted molar refractivity (Wildman–Crippen MR) is 57.9 cm³/mol. The zero-order valence-corrected chi connectivity index (χ0v) is 9.61. The number of carboxylic acid groups (broad SMARTS) is 1. The number of rotatable bonds is 6. The maximum absolute atomic E-state index is 10.9. The van der Waals surface area contributed by atoms with Gasteiger partial charge in [0.15, 0.2) is 0 Å². The van der Waals surface area contributed by atoms with Crippen LogP contribution in [0.1, 0.15) is 26.7 Å². The van der Waals surface area contributed by atoms with Crippen LogP contribution in [-0.2, 0) is 9.53 Å². The van der Waals surface area contributed by atoms with Gasteiger partial charge < -0.3 is 9.84 Å². The summed E-state index contributed by atoms with van der Waals surface area (Å²) in [5.74, 6) is -0.865. The molecule has 1 aliphatic heterocycles. The first-order valence-electron chi connectivity index (χ1n) is 5.71. The van der Waals surface area contributed by atoms with Crippen molar-refractivity contribution in [1.82, 2.24) is 4.90 Å². The molecular weight excluding hydrogens is 194 g/mol. The third-order valence-corrected chi connectivity index (χ3v) is 3.07. The predicted octanol–water partition coefficient (Wildman–Crippen LogP) is 1.21. The van der Waals surface area contributed by atoms with E-state index in [9.17, 15) is 4.79 Å². The molecule has 0 amide bonds. The second-order valence-corrected chi connectivity index (χ2v) is 4.12. The number of hydrogen-bond acceptors (Lipinski definition) is 3. The molecule has 0 bridgehead atoms. The van der Waals surface area contributed by atoms with Crippen LogP contribution in [0.25, 0.3) is 0 Å². The van der Waals surface area contributed by atoms with Crippen molar-refractivity contribution in [2.75, 3.05) is 26.3 Å². The van der Waals surface area contributed by atoms with Crippen molar-refractivity contribution in [1.29, 1.82) is 0 Å². The van der Waals surface area contributed by atoms with E-state index in [2.05, 4.69) is 11.8 Å². The SMILES string of the molecule is CCCOCCN1CCC(C(=O)O)C1C. The Labute approximate surface area is 91.2 Å². The molecule has 88 valence electrons. The lowest BCUT2D eigenvalue weighted by Gasteiger charge is -2.22. The highest BCUT2D eigenvalue weighted by Gasteiger charge is 2.34. The highest BCUT2D eigenvalue weighted by atomic mass is 16.5. The van der Waals surface area contributed by atoms with Gasteiger partial charge in [0.1, 0.15) is 0 Å². The van der Waals surface area contributed by atoms with Crippen LogP contribution in [-0.4, -0.2) is 48.3 Å². The lowest BCUT2D eigenvalue weighted by molar-refractivity contribution is -0.142. The van der Waals surface area contributed by atoms with Crippen molar-refractivity contribution in [2.45, 2.75) is 32.7 Å². The van der Waals surface area contributed by atoms with Crippen molar-refractivity contribution in [3.63, 3.8) is 0 Å². The summed E-state index contributed by atoms with van der Waals surface area (Å²) in [7, 11) is 0. The van der Waals surface area contributed by atoms with Gasteiger partial charge in [0, 0.05) is 19.2 Å². The van der Waals surface area contributed by atoms with E-state index in [1.807, 2.05) is 6.92 Å². The Bertz CT molecular complexity index is 208. The third kappa shape index (κ3) is 3.47. The average Bonchev–Trinajstić information content (AvgIpc) is 2.55. The summed E-state index contributed by atoms with van der Waals surface area (Å²) in [6.07, 6.45) is 1.80. The van der Waals surface area contributed by atoms with Gasteiger partial charge in [0.05, 0.1) is 12.5 Å². The summed E-state index contributed by atoms with van der Waals surface area (Å²) in [6.45, 7) is 7.32. The minimum Gasteiger partial charge on any atom is -0.481 e. The monoisotopic (exact) mass is 215 g/mol. The molecular formula is C11H21NO3. The van der Waals surface area contributed by atoms with Gasteiger partial charge in [-0.15, -0.1) is 0 Å². The summed E-state index contributed by atoms with van der Waals surface area (Å²) in [4.78, 5) is 13.1. The number of aliphatic carboxylic acids is 1. The highest BCUT2D eigenvalue weighted by Crippen LogP contribution is 2.23. The molecule has 4 heteroatoms. The van der Waals surface area contributed by atoms with Gasteiger partial charge in [-0.3, -0.25) is 9.69 Å². The summed E-state index contributed by atoms with van der Waals surface area (Å²) in [5, 5.41) is 8.95. The zero-order valence-electron chi connectivity index (χ0n) is 9.61. The summed E-state index contributed by atoms with van der Waals surface area (Å²) in [6, 6.07) is 0.146. The van der Waals surface area contributed by atoms with Gasteiger partial charge in [-0.1, -0.05) is 6.92 Å². The van der Waals surface area contributed by atoms with Gasteiger partial charge in [-0.2, -0.15) is 0 Å². The van der Waals surface area contributed by atoms with E-state index in [1.165, 1.54) is 0 Å². The van der Waals surface area contributed by atoms with Gasteiger partial charge in [-0.25, -0.2) is 0 Å². The third-order valence-electron chi connectivity index (χ3n) is 3.07. The molecule has 1 aliphatic rings. The quantitative estimate of drug-likeness (QED) is 0.677. The minimum absolute atomic E-state index is 0.146. The van der Waals surface area contributed by atoms with Crippen molar-refractivity contribution in [3.05, 3.63) is 0 Å². The summed E-state index contributed by atoms with van der Waals surface area (Å²) >= 11 is 0. The number of carboxylic acids is 1. The van der Waals surface area contributed by atoms with E-state index in [0.717, 1.165) is 32.5 Å². The Kier molecular flexibility index (Phi) is 5.05. The lowest BCUT2D eigenvalue weighted by Crippen LogP contribution is -2.35. The van der Waals surface area contributed by atoms with Crippen LogP contribution in [0, 0.1) is 5.92 Å². The van der Waals surface area contributed by atoms with E-state index < -0.39 is 5.97 Å². The molecule has 2 atom stereocenters. The molecule has 0 aliphatic carbocycles. The molecule has 1 saturated heterocycles. The van der Waals surface area contributed by atoms with Crippen molar-refractivity contribution < 1.29 is 14.6 Å². The number of nitrogens with zero attached hydrogens (tertiary/aromatic N) is 1. The van der Waals surface area contributed by atoms with Crippen LogP contribution in [0.4, 0.5) is 0 Å². The summed E-state index contributed by atoms with van der Waals surface area (Å²) in [5.41, 5.74) is 0. The molecule has 0 aromatic heterocycles. The topological polar surface area (TPSA) is 49.8 Å². The fourth-order valence-corrected chi connectivity index (χ4v) is 2.08. The Morgan fingerprint density at radius 1 is 1.53 bits per heavy atom. The van der Waals surface area contributed by atoms with E-state index >= 15 is 0 Å². The Hall–Kier alpha value is -0.610. The van der Waals surface area contributed by atoms with Crippen LogP contribution >= 0.6 is 0 Å². The molecule has 4 nitrogen and oxygen atoms in total. The molecule has 1 fully saturated rings. The smallest absolute Gasteiger partial charge is 0.308 e. The first-order valence-corrected chi connectivity index (χ1v) is 5.71. The van der Waals surface area contributed by atoms with Crippen LogP contribution in [0.5, 0.6) is 0 Å². The first-order chi connectivity index (χ1) is 7.16. The molecule has 0 aromatic rings. The van der Waals surface area contributed by atoms with Crippen molar-refractivity contribution in [3.8, 4) is 0 Å². The van der Waals surface area contributed by atoms with Crippen LogP contribution in [0.3, 0.4) is 0 Å². The molecule has 0 saturated carbocycles. The Morgan fingerprint density at radius 3 is 2.80 bits per heavy atom. The fraction of sp³-hybridized carbons (Fsp3) is 0.909. The van der Waals surface area contributed by atoms with E-state index in [4.69, 9.17) is 9.84 Å². The van der Waals surface area contributed by atoms with Gasteiger partial charge in [0.2, 0.25) is 0 Å². The fourth-order valence-electron chi connectivity index (χ4n) is 2.08. The van der Waals surface area contributed by atoms with Gasteiger partial charge in [0.25, 0.3) is 0 Å². The maximum atomic E-state index is 10.9. The number of ether oxygens (including phenoxy) is 1. The second-order valence-electron chi connectivity index (χ2n) is 4.12. The van der Waals surface area contributed by atoms with Crippen LogP contribution in [0.2, 0.25) is 0 Å². The Morgan fingerprint density at radius 2 is 2.27 bits per heavy atom. The molecule has 1 rings (SSSR count). The second kappa shape index (κ2) is 6.08. The van der Waals surface area contributed by atoms with Crippen LogP contribution in [0.15, 0.2) is 0 Å². The highest BCUT2D eigenvalue weighted by molar-refractivity contribution is 5.71. The lowest BCUT2D eigenvalue weighted by atomic mass is 10.0. The standard InChI is InChI=1S/C11H21NO3/c1-3-7-15-8-6-12-5-4-10(9(12)2)11(13)14/h9-10H,3-8H2,1-2H3,(H,13,14). The first kappa shape index (κ1) is 12.5. The molecule has 0 radical (unpaired) electrons. The number of hydrogen-bond donors (Lipinski definition) is 1. The molecule has 15 heavy (non-hydrogen) atoms. The minimum atomic E-state index is -0.667. The molecule has 1 heterocycles.